The lowest BCUT2D eigenvalue weighted by atomic mass is 10.3. The van der Waals surface area contributed by atoms with Gasteiger partial charge >= 0.3 is 5.76 Å². The molecule has 0 atom stereocenters. The van der Waals surface area contributed by atoms with Crippen molar-refractivity contribution in [1.82, 2.24) is 24.9 Å². The Balaban J connectivity index is 1.47. The van der Waals surface area contributed by atoms with E-state index in [-0.39, 0.29) is 24.9 Å². The van der Waals surface area contributed by atoms with Gasteiger partial charge in [-0.2, -0.15) is 4.68 Å². The monoisotopic (exact) mass is 415 g/mol. The Hall–Kier alpha value is -3.47. The second kappa shape index (κ2) is 8.27. The number of amides is 1. The maximum absolute atomic E-state index is 12.8. The van der Waals surface area contributed by atoms with E-state index in [1.54, 1.807) is 17.0 Å². The SMILES string of the molecule is CCCN(Cc1nnc(-c2cccs2)o1)C(=O)Cn1nc(-c2ccco2)oc1=O. The quantitative estimate of drug-likeness (QED) is 0.431. The highest BCUT2D eigenvalue weighted by Gasteiger charge is 2.21. The van der Waals surface area contributed by atoms with Crippen molar-refractivity contribution in [3.05, 3.63) is 52.4 Å². The largest absolute Gasteiger partial charge is 0.459 e. The van der Waals surface area contributed by atoms with Gasteiger partial charge in [0.1, 0.15) is 6.54 Å². The predicted molar refractivity (Wildman–Crippen MR) is 102 cm³/mol. The molecule has 0 unspecified atom stereocenters. The Kier molecular flexibility index (Phi) is 5.38. The van der Waals surface area contributed by atoms with Gasteiger partial charge in [0.2, 0.25) is 11.8 Å². The molecule has 4 aromatic rings. The van der Waals surface area contributed by atoms with E-state index in [1.165, 1.54) is 17.6 Å². The summed E-state index contributed by atoms with van der Waals surface area (Å²) in [6.45, 7) is 2.29. The number of carbonyl (C=O) groups is 1. The average molecular weight is 415 g/mol. The summed E-state index contributed by atoms with van der Waals surface area (Å²) in [5, 5.41) is 14.0. The van der Waals surface area contributed by atoms with Gasteiger partial charge in [-0.25, -0.2) is 4.79 Å². The molecule has 0 aliphatic rings. The van der Waals surface area contributed by atoms with E-state index >= 15 is 0 Å². The zero-order valence-corrected chi connectivity index (χ0v) is 16.3. The Morgan fingerprint density at radius 2 is 2.10 bits per heavy atom. The number of aromatic nitrogens is 4. The van der Waals surface area contributed by atoms with Crippen molar-refractivity contribution in [2.45, 2.75) is 26.4 Å². The summed E-state index contributed by atoms with van der Waals surface area (Å²) in [5.41, 5.74) is 0. The molecule has 0 fully saturated rings. The summed E-state index contributed by atoms with van der Waals surface area (Å²) in [5.74, 6) is 0.00906. The van der Waals surface area contributed by atoms with Crippen molar-refractivity contribution >= 4 is 17.2 Å². The van der Waals surface area contributed by atoms with Crippen molar-refractivity contribution in [1.29, 1.82) is 0 Å². The molecule has 0 saturated carbocycles. The van der Waals surface area contributed by atoms with Gasteiger partial charge < -0.3 is 18.2 Å². The van der Waals surface area contributed by atoms with Crippen LogP contribution in [0, 0.1) is 0 Å². The molecular formula is C18H17N5O5S. The van der Waals surface area contributed by atoms with Crippen LogP contribution < -0.4 is 5.76 Å². The molecular weight excluding hydrogens is 398 g/mol. The fourth-order valence-electron chi connectivity index (χ4n) is 2.68. The molecule has 150 valence electrons. The molecule has 0 N–H and O–H groups in total. The van der Waals surface area contributed by atoms with Gasteiger partial charge in [-0.3, -0.25) is 4.79 Å². The van der Waals surface area contributed by atoms with Crippen molar-refractivity contribution < 1.29 is 18.0 Å². The highest BCUT2D eigenvalue weighted by atomic mass is 32.1. The van der Waals surface area contributed by atoms with E-state index in [2.05, 4.69) is 15.3 Å². The zero-order chi connectivity index (χ0) is 20.2. The van der Waals surface area contributed by atoms with E-state index in [0.29, 0.717) is 24.1 Å². The third-order valence-corrected chi connectivity index (χ3v) is 4.85. The van der Waals surface area contributed by atoms with E-state index in [0.717, 1.165) is 16.0 Å². The fraction of sp³-hybridized carbons (Fsp3) is 0.278. The second-order valence-corrected chi connectivity index (χ2v) is 7.05. The zero-order valence-electron chi connectivity index (χ0n) is 15.5. The molecule has 0 aromatic carbocycles. The molecule has 29 heavy (non-hydrogen) atoms. The Bertz CT molecular complexity index is 1130. The predicted octanol–water partition coefficient (Wildman–Crippen LogP) is 2.65. The van der Waals surface area contributed by atoms with E-state index < -0.39 is 5.76 Å². The summed E-state index contributed by atoms with van der Waals surface area (Å²) in [6, 6.07) is 7.03. The Morgan fingerprint density at radius 1 is 1.21 bits per heavy atom. The lowest BCUT2D eigenvalue weighted by Crippen LogP contribution is -2.36. The molecule has 1 amide bonds. The minimum Gasteiger partial charge on any atom is -0.459 e. The van der Waals surface area contributed by atoms with Crippen LogP contribution in [0.25, 0.3) is 22.4 Å². The highest BCUT2D eigenvalue weighted by molar-refractivity contribution is 7.13. The highest BCUT2D eigenvalue weighted by Crippen LogP contribution is 2.23. The van der Waals surface area contributed by atoms with Crippen molar-refractivity contribution in [3.63, 3.8) is 0 Å². The number of hydrogen-bond donors (Lipinski definition) is 0. The van der Waals surface area contributed by atoms with Crippen molar-refractivity contribution in [2.75, 3.05) is 6.54 Å². The molecule has 0 spiro atoms. The fourth-order valence-corrected chi connectivity index (χ4v) is 3.32. The molecule has 4 rings (SSSR count). The van der Waals surface area contributed by atoms with Crippen LogP contribution in [-0.2, 0) is 17.9 Å². The maximum atomic E-state index is 12.8. The number of carbonyl (C=O) groups excluding carboxylic acids is 1. The topological polar surface area (TPSA) is 120 Å². The lowest BCUT2D eigenvalue weighted by molar-refractivity contribution is -0.133. The Morgan fingerprint density at radius 3 is 2.83 bits per heavy atom. The first-order valence-corrected chi connectivity index (χ1v) is 9.78. The van der Waals surface area contributed by atoms with Crippen molar-refractivity contribution in [2.24, 2.45) is 0 Å². The third-order valence-electron chi connectivity index (χ3n) is 3.99. The average Bonchev–Trinajstić information content (AvgIpc) is 3.49. The van der Waals surface area contributed by atoms with E-state index in [1.807, 2.05) is 24.4 Å². The van der Waals surface area contributed by atoms with Gasteiger partial charge in [-0.15, -0.1) is 26.6 Å². The van der Waals surface area contributed by atoms with E-state index in [4.69, 9.17) is 13.3 Å². The van der Waals surface area contributed by atoms with Gasteiger partial charge in [0, 0.05) is 6.54 Å². The first kappa shape index (κ1) is 18.9. The van der Waals surface area contributed by atoms with Gasteiger partial charge in [0.15, 0.2) is 5.76 Å². The molecule has 0 aliphatic carbocycles. The summed E-state index contributed by atoms with van der Waals surface area (Å²) >= 11 is 1.49. The smallest absolute Gasteiger partial charge is 0.437 e. The summed E-state index contributed by atoms with van der Waals surface area (Å²) in [4.78, 5) is 27.2. The van der Waals surface area contributed by atoms with E-state index in [9.17, 15) is 9.59 Å². The van der Waals surface area contributed by atoms with Gasteiger partial charge in [-0.05, 0) is 30.0 Å². The van der Waals surface area contributed by atoms with Crippen LogP contribution in [0.4, 0.5) is 0 Å². The summed E-state index contributed by atoms with van der Waals surface area (Å²) < 4.78 is 16.8. The molecule has 0 radical (unpaired) electrons. The first-order valence-electron chi connectivity index (χ1n) is 8.90. The normalized spacial score (nSPS) is 11.1. The molecule has 10 nitrogen and oxygen atoms in total. The van der Waals surface area contributed by atoms with Crippen molar-refractivity contribution in [3.8, 4) is 22.4 Å². The minimum absolute atomic E-state index is 0.0207. The molecule has 4 heterocycles. The van der Waals surface area contributed by atoms with Crippen LogP contribution in [0.2, 0.25) is 0 Å². The van der Waals surface area contributed by atoms with Gasteiger partial charge in [0.25, 0.3) is 11.8 Å². The van der Waals surface area contributed by atoms with Crippen LogP contribution in [0.5, 0.6) is 0 Å². The standard InChI is InChI=1S/C18H17N5O5S/c1-2-7-22(10-14-19-20-17(27-14)13-6-4-9-29-13)15(24)11-23-18(25)28-16(21-23)12-5-3-8-26-12/h3-6,8-9H,2,7,10-11H2,1H3. The number of thiophene rings is 1. The summed E-state index contributed by atoms with van der Waals surface area (Å²) in [6.07, 6.45) is 2.17. The number of furan rings is 1. The first-order chi connectivity index (χ1) is 14.1. The van der Waals surface area contributed by atoms with Crippen LogP contribution >= 0.6 is 11.3 Å². The molecule has 4 aromatic heterocycles. The van der Waals surface area contributed by atoms with Gasteiger partial charge in [0.05, 0.1) is 17.7 Å². The van der Waals surface area contributed by atoms with Crippen LogP contribution in [0.15, 0.2) is 54.0 Å². The minimum atomic E-state index is -0.737. The molecule has 0 aliphatic heterocycles. The maximum Gasteiger partial charge on any atom is 0.437 e. The second-order valence-electron chi connectivity index (χ2n) is 6.10. The van der Waals surface area contributed by atoms with Crippen LogP contribution in [-0.4, -0.2) is 37.3 Å². The Labute approximate surface area is 168 Å². The third kappa shape index (κ3) is 4.19. The molecule has 11 heteroatoms. The number of rotatable bonds is 8. The molecule has 0 saturated heterocycles. The number of hydrogen-bond acceptors (Lipinski definition) is 9. The van der Waals surface area contributed by atoms with Gasteiger partial charge in [-0.1, -0.05) is 13.0 Å². The number of nitrogens with zero attached hydrogens (tertiary/aromatic N) is 5. The summed E-state index contributed by atoms with van der Waals surface area (Å²) in [7, 11) is 0. The van der Waals surface area contributed by atoms with Crippen LogP contribution in [0.3, 0.4) is 0 Å². The van der Waals surface area contributed by atoms with Crippen LogP contribution in [0.1, 0.15) is 19.2 Å². The lowest BCUT2D eigenvalue weighted by Gasteiger charge is -2.19. The molecule has 0 bridgehead atoms.